The van der Waals surface area contributed by atoms with E-state index < -0.39 is 18.4 Å². The van der Waals surface area contributed by atoms with Crippen molar-refractivity contribution in [3.05, 3.63) is 12.7 Å². The van der Waals surface area contributed by atoms with Gasteiger partial charge >= 0.3 is 0 Å². The first-order valence-electron chi connectivity index (χ1n) is 5.90. The Balaban J connectivity index is 2.01. The van der Waals surface area contributed by atoms with E-state index in [4.69, 9.17) is 9.47 Å². The highest BCUT2D eigenvalue weighted by Crippen LogP contribution is 2.28. The zero-order valence-electron chi connectivity index (χ0n) is 10.3. The molecule has 2 N–H and O–H groups in total. The molecule has 0 saturated carbocycles. The second kappa shape index (κ2) is 4.72. The summed E-state index contributed by atoms with van der Waals surface area (Å²) in [6, 6.07) is 0. The summed E-state index contributed by atoms with van der Waals surface area (Å²) >= 11 is 0. The summed E-state index contributed by atoms with van der Waals surface area (Å²) in [6.45, 7) is 0.170. The van der Waals surface area contributed by atoms with Gasteiger partial charge in [0, 0.05) is 6.42 Å². The highest BCUT2D eigenvalue weighted by molar-refractivity contribution is 5.75. The molecule has 0 spiro atoms. The third-order valence-corrected chi connectivity index (χ3v) is 3.09. The Kier molecular flexibility index (Phi) is 3.05. The van der Waals surface area contributed by atoms with Crippen LogP contribution < -0.4 is 4.74 Å². The van der Waals surface area contributed by atoms with Crippen LogP contribution in [0.2, 0.25) is 0 Å². The van der Waals surface area contributed by atoms with Gasteiger partial charge in [-0.25, -0.2) is 9.97 Å². The predicted octanol–water partition coefficient (Wildman–Crippen LogP) is -0.524. The number of methoxy groups -OCH3 is 1. The van der Waals surface area contributed by atoms with E-state index in [2.05, 4.69) is 15.0 Å². The molecule has 3 rings (SSSR count). The minimum Gasteiger partial charge on any atom is -0.479 e. The van der Waals surface area contributed by atoms with Crippen molar-refractivity contribution in [3.63, 3.8) is 0 Å². The fourth-order valence-electron chi connectivity index (χ4n) is 2.22. The lowest BCUT2D eigenvalue weighted by molar-refractivity contribution is -0.153. The lowest BCUT2D eigenvalue weighted by Crippen LogP contribution is -2.38. The normalized spacial score (nSPS) is 27.6. The summed E-state index contributed by atoms with van der Waals surface area (Å²) in [5.41, 5.74) is 1.03. The molecule has 0 aromatic carbocycles. The molecule has 2 aromatic heterocycles. The van der Waals surface area contributed by atoms with E-state index in [0.717, 1.165) is 0 Å². The number of aliphatic hydroxyl groups excluding tert-OH is 2. The minimum atomic E-state index is -0.817. The van der Waals surface area contributed by atoms with Crippen LogP contribution >= 0.6 is 0 Å². The molecule has 0 radical (unpaired) electrons. The third kappa shape index (κ3) is 2.03. The van der Waals surface area contributed by atoms with Crippen LogP contribution in [0.5, 0.6) is 5.88 Å². The van der Waals surface area contributed by atoms with Crippen LogP contribution in [0.1, 0.15) is 12.6 Å². The Labute approximate surface area is 108 Å². The highest BCUT2D eigenvalue weighted by atomic mass is 16.5. The van der Waals surface area contributed by atoms with E-state index >= 15 is 0 Å². The summed E-state index contributed by atoms with van der Waals surface area (Å²) in [7, 11) is 1.50. The SMILES string of the molecule is COc1ncnc2c1ncn2[C@@H]1OC[C@@H](O)C[C@H]1O. The average Bonchev–Trinajstić information content (AvgIpc) is 2.82. The van der Waals surface area contributed by atoms with E-state index in [9.17, 15) is 10.2 Å². The molecule has 1 fully saturated rings. The van der Waals surface area contributed by atoms with Crippen LogP contribution in [0.4, 0.5) is 0 Å². The summed E-state index contributed by atoms with van der Waals surface area (Å²) in [5, 5.41) is 19.4. The molecule has 1 aliphatic heterocycles. The fourth-order valence-corrected chi connectivity index (χ4v) is 2.22. The third-order valence-electron chi connectivity index (χ3n) is 3.09. The molecule has 8 heteroatoms. The van der Waals surface area contributed by atoms with Gasteiger partial charge in [-0.1, -0.05) is 0 Å². The molecular weight excluding hydrogens is 252 g/mol. The van der Waals surface area contributed by atoms with Crippen molar-refractivity contribution in [3.8, 4) is 5.88 Å². The van der Waals surface area contributed by atoms with Gasteiger partial charge in [-0.3, -0.25) is 4.57 Å². The Morgan fingerprint density at radius 2 is 2.21 bits per heavy atom. The maximum atomic E-state index is 9.99. The predicted molar refractivity (Wildman–Crippen MR) is 63.5 cm³/mol. The number of nitrogens with zero attached hydrogens (tertiary/aromatic N) is 4. The van der Waals surface area contributed by atoms with E-state index in [1.165, 1.54) is 19.8 Å². The minimum absolute atomic E-state index is 0.170. The topological polar surface area (TPSA) is 103 Å². The van der Waals surface area contributed by atoms with Gasteiger partial charge in [0.15, 0.2) is 17.4 Å². The smallest absolute Gasteiger partial charge is 0.245 e. The second-order valence-electron chi connectivity index (χ2n) is 4.39. The lowest BCUT2D eigenvalue weighted by Gasteiger charge is -2.31. The summed E-state index contributed by atoms with van der Waals surface area (Å²) in [5.74, 6) is 0.370. The van der Waals surface area contributed by atoms with Crippen molar-refractivity contribution in [2.75, 3.05) is 13.7 Å². The number of ether oxygens (including phenoxy) is 2. The van der Waals surface area contributed by atoms with Gasteiger partial charge in [0.2, 0.25) is 5.88 Å². The van der Waals surface area contributed by atoms with Gasteiger partial charge in [-0.15, -0.1) is 0 Å². The molecule has 2 aromatic rings. The molecule has 3 heterocycles. The number of hydrogen-bond acceptors (Lipinski definition) is 7. The monoisotopic (exact) mass is 266 g/mol. The molecule has 19 heavy (non-hydrogen) atoms. The van der Waals surface area contributed by atoms with Gasteiger partial charge in [0.1, 0.15) is 12.4 Å². The molecule has 8 nitrogen and oxygen atoms in total. The number of fused-ring (bicyclic) bond motifs is 1. The summed E-state index contributed by atoms with van der Waals surface area (Å²) in [4.78, 5) is 12.3. The Bertz CT molecular complexity index is 587. The molecule has 1 aliphatic rings. The van der Waals surface area contributed by atoms with Crippen LogP contribution in [0.15, 0.2) is 12.7 Å². The van der Waals surface area contributed by atoms with E-state index in [-0.39, 0.29) is 13.0 Å². The van der Waals surface area contributed by atoms with Gasteiger partial charge < -0.3 is 19.7 Å². The molecule has 102 valence electrons. The van der Waals surface area contributed by atoms with E-state index in [0.29, 0.717) is 17.0 Å². The van der Waals surface area contributed by atoms with Crippen molar-refractivity contribution in [2.24, 2.45) is 0 Å². The van der Waals surface area contributed by atoms with Crippen molar-refractivity contribution < 1.29 is 19.7 Å². The van der Waals surface area contributed by atoms with E-state index in [1.54, 1.807) is 4.57 Å². The van der Waals surface area contributed by atoms with Crippen LogP contribution in [-0.4, -0.2) is 55.7 Å². The number of imidazole rings is 1. The van der Waals surface area contributed by atoms with Gasteiger partial charge in [0.05, 0.1) is 26.1 Å². The first kappa shape index (κ1) is 12.3. The molecule has 1 saturated heterocycles. The van der Waals surface area contributed by atoms with Gasteiger partial charge in [-0.05, 0) is 0 Å². The van der Waals surface area contributed by atoms with Crippen LogP contribution in [-0.2, 0) is 4.74 Å². The number of aromatic nitrogens is 4. The van der Waals surface area contributed by atoms with Crippen LogP contribution in [0, 0.1) is 0 Å². The second-order valence-corrected chi connectivity index (χ2v) is 4.39. The maximum Gasteiger partial charge on any atom is 0.245 e. The molecular formula is C11H14N4O4. The first-order valence-corrected chi connectivity index (χ1v) is 5.90. The van der Waals surface area contributed by atoms with Gasteiger partial charge in [0.25, 0.3) is 0 Å². The van der Waals surface area contributed by atoms with Crippen LogP contribution in [0.3, 0.4) is 0 Å². The summed E-state index contributed by atoms with van der Waals surface area (Å²) < 4.78 is 12.2. The number of hydrogen-bond donors (Lipinski definition) is 2. The standard InChI is InChI=1S/C11H14N4O4/c1-18-10-8-9(12-4-13-10)15(5-14-8)11-7(17)2-6(16)3-19-11/h4-7,11,16-17H,2-3H2,1H3/t6-,7+,11+/m0/s1. The van der Waals surface area contributed by atoms with E-state index in [1.807, 2.05) is 0 Å². The largest absolute Gasteiger partial charge is 0.479 e. The maximum absolute atomic E-state index is 9.99. The van der Waals surface area contributed by atoms with Crippen molar-refractivity contribution in [1.82, 2.24) is 19.5 Å². The zero-order chi connectivity index (χ0) is 13.4. The molecule has 0 unspecified atom stereocenters. The van der Waals surface area contributed by atoms with Crippen molar-refractivity contribution in [2.45, 2.75) is 24.9 Å². The Morgan fingerprint density at radius 3 is 2.95 bits per heavy atom. The van der Waals surface area contributed by atoms with Crippen molar-refractivity contribution >= 4 is 11.2 Å². The van der Waals surface area contributed by atoms with Crippen molar-refractivity contribution in [1.29, 1.82) is 0 Å². The average molecular weight is 266 g/mol. The fraction of sp³-hybridized carbons (Fsp3) is 0.545. The number of aliphatic hydroxyl groups is 2. The molecule has 0 amide bonds. The first-order chi connectivity index (χ1) is 9.20. The quantitative estimate of drug-likeness (QED) is 0.753. The molecule has 3 atom stereocenters. The molecule has 0 aliphatic carbocycles. The molecule has 0 bridgehead atoms. The Morgan fingerprint density at radius 1 is 1.37 bits per heavy atom. The number of rotatable bonds is 2. The summed E-state index contributed by atoms with van der Waals surface area (Å²) in [6.07, 6.45) is 1.06. The highest BCUT2D eigenvalue weighted by Gasteiger charge is 2.31. The Hall–Kier alpha value is -1.77. The zero-order valence-corrected chi connectivity index (χ0v) is 10.3. The van der Waals surface area contributed by atoms with Gasteiger partial charge in [-0.2, -0.15) is 4.98 Å². The van der Waals surface area contributed by atoms with Crippen LogP contribution in [0.25, 0.3) is 11.2 Å². The lowest BCUT2D eigenvalue weighted by atomic mass is 10.1.